The molecule has 3 aliphatic rings. The van der Waals surface area contributed by atoms with Crippen molar-refractivity contribution < 1.29 is 4.79 Å². The van der Waals surface area contributed by atoms with Gasteiger partial charge in [-0.25, -0.2) is 0 Å². The first-order valence-electron chi connectivity index (χ1n) is 8.01. The number of amides is 1. The first-order chi connectivity index (χ1) is 8.92. The first kappa shape index (κ1) is 13.4. The van der Waals surface area contributed by atoms with Gasteiger partial charge in [0, 0.05) is 6.54 Å². The fourth-order valence-corrected chi connectivity index (χ4v) is 3.75. The SMILES string of the molecule is CCC1(C)NC(C(C)C)N(CC2(C3CC3)CC2)C1=O. The van der Waals surface area contributed by atoms with E-state index in [2.05, 4.69) is 37.9 Å². The molecule has 1 amide bonds. The van der Waals surface area contributed by atoms with Crippen LogP contribution in [0.2, 0.25) is 0 Å². The van der Waals surface area contributed by atoms with Crippen molar-refractivity contribution in [2.45, 2.75) is 71.5 Å². The molecule has 108 valence electrons. The second-order valence-electron chi connectivity index (χ2n) is 7.59. The van der Waals surface area contributed by atoms with Crippen LogP contribution in [0.1, 0.15) is 59.8 Å². The van der Waals surface area contributed by atoms with Gasteiger partial charge in [0.2, 0.25) is 5.91 Å². The normalized spacial score (nSPS) is 37.2. The molecule has 1 aliphatic heterocycles. The Kier molecular flexibility index (Phi) is 2.97. The van der Waals surface area contributed by atoms with Crippen molar-refractivity contribution in [3.05, 3.63) is 0 Å². The molecule has 0 bridgehead atoms. The molecule has 19 heavy (non-hydrogen) atoms. The second kappa shape index (κ2) is 4.21. The fourth-order valence-electron chi connectivity index (χ4n) is 3.75. The van der Waals surface area contributed by atoms with Crippen LogP contribution in [0.15, 0.2) is 0 Å². The van der Waals surface area contributed by atoms with Gasteiger partial charge in [0.1, 0.15) is 0 Å². The van der Waals surface area contributed by atoms with Crippen LogP contribution < -0.4 is 5.32 Å². The Morgan fingerprint density at radius 3 is 2.42 bits per heavy atom. The zero-order valence-electron chi connectivity index (χ0n) is 12.8. The molecular weight excluding hydrogens is 236 g/mol. The summed E-state index contributed by atoms with van der Waals surface area (Å²) in [5.41, 5.74) is 0.165. The van der Waals surface area contributed by atoms with Crippen LogP contribution in [0, 0.1) is 17.3 Å². The first-order valence-corrected chi connectivity index (χ1v) is 8.01. The molecule has 2 aliphatic carbocycles. The van der Waals surface area contributed by atoms with Crippen molar-refractivity contribution in [1.82, 2.24) is 10.2 Å². The highest BCUT2D eigenvalue weighted by atomic mass is 16.2. The molecule has 1 heterocycles. The largest absolute Gasteiger partial charge is 0.325 e. The predicted octanol–water partition coefficient (Wildman–Crippen LogP) is 2.76. The Morgan fingerprint density at radius 1 is 1.37 bits per heavy atom. The molecule has 0 spiro atoms. The highest BCUT2D eigenvalue weighted by Crippen LogP contribution is 2.62. The third-order valence-electron chi connectivity index (χ3n) is 5.69. The lowest BCUT2D eigenvalue weighted by molar-refractivity contribution is -0.134. The average molecular weight is 264 g/mol. The summed E-state index contributed by atoms with van der Waals surface area (Å²) in [5, 5.41) is 3.60. The quantitative estimate of drug-likeness (QED) is 0.828. The Morgan fingerprint density at radius 2 is 2.00 bits per heavy atom. The van der Waals surface area contributed by atoms with E-state index in [1.165, 1.54) is 25.7 Å². The number of nitrogens with one attached hydrogen (secondary N) is 1. The number of nitrogens with zero attached hydrogens (tertiary/aromatic N) is 1. The van der Waals surface area contributed by atoms with E-state index < -0.39 is 0 Å². The maximum Gasteiger partial charge on any atom is 0.243 e. The summed E-state index contributed by atoms with van der Waals surface area (Å²) in [6.45, 7) is 9.62. The molecule has 3 nitrogen and oxygen atoms in total. The van der Waals surface area contributed by atoms with Crippen LogP contribution >= 0.6 is 0 Å². The van der Waals surface area contributed by atoms with E-state index in [1.807, 2.05) is 0 Å². The van der Waals surface area contributed by atoms with Crippen LogP contribution in [-0.2, 0) is 4.79 Å². The van der Waals surface area contributed by atoms with Crippen molar-refractivity contribution in [2.24, 2.45) is 17.3 Å². The van der Waals surface area contributed by atoms with Crippen LogP contribution in [0.4, 0.5) is 0 Å². The minimum absolute atomic E-state index is 0.230. The molecule has 1 N–H and O–H groups in total. The van der Waals surface area contributed by atoms with Crippen LogP contribution in [0.5, 0.6) is 0 Å². The lowest BCUT2D eigenvalue weighted by Gasteiger charge is -2.31. The molecular formula is C16H28N2O. The van der Waals surface area contributed by atoms with E-state index in [1.54, 1.807) is 0 Å². The third kappa shape index (κ3) is 2.10. The number of hydrogen-bond acceptors (Lipinski definition) is 2. The minimum atomic E-state index is -0.339. The van der Waals surface area contributed by atoms with Gasteiger partial charge in [-0.2, -0.15) is 0 Å². The Hall–Kier alpha value is -0.570. The summed E-state index contributed by atoms with van der Waals surface area (Å²) in [6, 6.07) is 0. The molecule has 2 atom stereocenters. The molecule has 3 heteroatoms. The highest BCUT2D eigenvalue weighted by Gasteiger charge is 2.58. The van der Waals surface area contributed by atoms with E-state index in [9.17, 15) is 4.79 Å². The smallest absolute Gasteiger partial charge is 0.243 e. The fraction of sp³-hybridized carbons (Fsp3) is 0.938. The Balaban J connectivity index is 1.79. The standard InChI is InChI=1S/C16H28N2O/c1-5-15(4)14(19)18(13(17-15)11(2)3)10-16(8-9-16)12-6-7-12/h11-13,17H,5-10H2,1-4H3. The van der Waals surface area contributed by atoms with Crippen molar-refractivity contribution in [3.8, 4) is 0 Å². The van der Waals surface area contributed by atoms with Gasteiger partial charge in [-0.1, -0.05) is 20.8 Å². The summed E-state index contributed by atoms with van der Waals surface area (Å²) in [7, 11) is 0. The van der Waals surface area contributed by atoms with Crippen molar-refractivity contribution in [3.63, 3.8) is 0 Å². The molecule has 0 aromatic rings. The Labute approximate surface area is 117 Å². The van der Waals surface area contributed by atoms with Gasteiger partial charge in [0.05, 0.1) is 11.7 Å². The van der Waals surface area contributed by atoms with Crippen molar-refractivity contribution in [1.29, 1.82) is 0 Å². The summed E-state index contributed by atoms with van der Waals surface area (Å²) in [6.07, 6.45) is 6.58. The monoisotopic (exact) mass is 264 g/mol. The van der Waals surface area contributed by atoms with Gasteiger partial charge in [0.25, 0.3) is 0 Å². The van der Waals surface area contributed by atoms with E-state index in [4.69, 9.17) is 0 Å². The van der Waals surface area contributed by atoms with Gasteiger partial charge in [0.15, 0.2) is 0 Å². The molecule has 1 saturated heterocycles. The molecule has 3 rings (SSSR count). The average Bonchev–Trinajstić information content (AvgIpc) is 3.24. The zero-order chi connectivity index (χ0) is 13.8. The maximum absolute atomic E-state index is 12.8. The molecule has 0 radical (unpaired) electrons. The molecule has 2 unspecified atom stereocenters. The molecule has 2 saturated carbocycles. The third-order valence-corrected chi connectivity index (χ3v) is 5.69. The van der Waals surface area contributed by atoms with E-state index in [0.29, 0.717) is 17.2 Å². The summed E-state index contributed by atoms with van der Waals surface area (Å²) in [4.78, 5) is 15.0. The summed E-state index contributed by atoms with van der Waals surface area (Å²) in [5.74, 6) is 1.73. The van der Waals surface area contributed by atoms with E-state index >= 15 is 0 Å². The molecule has 3 fully saturated rings. The number of hydrogen-bond donors (Lipinski definition) is 1. The maximum atomic E-state index is 12.8. The minimum Gasteiger partial charge on any atom is -0.325 e. The van der Waals surface area contributed by atoms with Gasteiger partial charge in [-0.3, -0.25) is 10.1 Å². The lowest BCUT2D eigenvalue weighted by Crippen LogP contribution is -2.45. The number of rotatable bonds is 5. The molecule has 0 aromatic heterocycles. The van der Waals surface area contributed by atoms with Crippen molar-refractivity contribution in [2.75, 3.05) is 6.54 Å². The topological polar surface area (TPSA) is 32.3 Å². The van der Waals surface area contributed by atoms with Crippen molar-refractivity contribution >= 4 is 5.91 Å². The number of carbonyl (C=O) groups excluding carboxylic acids is 1. The Bertz CT molecular complexity index is 384. The van der Waals surface area contributed by atoms with Gasteiger partial charge in [-0.05, 0) is 56.3 Å². The second-order valence-corrected chi connectivity index (χ2v) is 7.59. The molecule has 0 aromatic carbocycles. The van der Waals surface area contributed by atoms with Gasteiger partial charge >= 0.3 is 0 Å². The summed E-state index contributed by atoms with van der Waals surface area (Å²) < 4.78 is 0. The highest BCUT2D eigenvalue weighted by molar-refractivity contribution is 5.88. The van der Waals surface area contributed by atoms with E-state index in [0.717, 1.165) is 18.9 Å². The van der Waals surface area contributed by atoms with Gasteiger partial charge in [-0.15, -0.1) is 0 Å². The van der Waals surface area contributed by atoms with E-state index in [-0.39, 0.29) is 11.7 Å². The lowest BCUT2D eigenvalue weighted by atomic mass is 9.97. The summed E-state index contributed by atoms with van der Waals surface area (Å²) >= 11 is 0. The predicted molar refractivity (Wildman–Crippen MR) is 76.6 cm³/mol. The number of carbonyl (C=O) groups is 1. The van der Waals surface area contributed by atoms with Crippen LogP contribution in [0.3, 0.4) is 0 Å². The van der Waals surface area contributed by atoms with Gasteiger partial charge < -0.3 is 4.90 Å². The van der Waals surface area contributed by atoms with Crippen LogP contribution in [-0.4, -0.2) is 29.1 Å². The van der Waals surface area contributed by atoms with Crippen LogP contribution in [0.25, 0.3) is 0 Å². The zero-order valence-corrected chi connectivity index (χ0v) is 12.8.